The van der Waals surface area contributed by atoms with Crippen LogP contribution in [0.5, 0.6) is 11.5 Å². The fourth-order valence-electron chi connectivity index (χ4n) is 2.84. The van der Waals surface area contributed by atoms with Crippen molar-refractivity contribution >= 4 is 0 Å². The number of phenols is 2. The third-order valence-corrected chi connectivity index (χ3v) is 3.73. The van der Waals surface area contributed by atoms with Gasteiger partial charge in [-0.3, -0.25) is 4.90 Å². The molecule has 4 nitrogen and oxygen atoms in total. The minimum Gasteiger partial charge on any atom is -0.508 e. The minimum absolute atomic E-state index is 0.0900. The Bertz CT molecular complexity index is 412. The molecular formula is C14H22N2O2. The highest BCUT2D eigenvalue weighted by Gasteiger charge is 2.27. The second-order valence-electron chi connectivity index (χ2n) is 5.47. The van der Waals surface area contributed by atoms with E-state index in [-0.39, 0.29) is 23.6 Å². The molecule has 1 aliphatic rings. The first-order chi connectivity index (χ1) is 8.47. The molecule has 100 valence electrons. The SMILES string of the molecule is CC1CC(N)CN(C(C)c2ccc(O)cc2O)C1. The molecule has 0 radical (unpaired) electrons. The Morgan fingerprint density at radius 1 is 1.33 bits per heavy atom. The number of hydrogen-bond donors (Lipinski definition) is 3. The predicted molar refractivity (Wildman–Crippen MR) is 71.5 cm³/mol. The number of phenolic OH excluding ortho intramolecular Hbond substituents is 2. The quantitative estimate of drug-likeness (QED) is 0.749. The number of nitrogens with zero attached hydrogens (tertiary/aromatic N) is 1. The molecule has 0 saturated carbocycles. The maximum Gasteiger partial charge on any atom is 0.124 e. The standard InChI is InChI=1S/C14H22N2O2/c1-9-5-11(15)8-16(7-9)10(2)13-4-3-12(17)6-14(13)18/h3-4,6,9-11,17-18H,5,7-8,15H2,1-2H3. The highest BCUT2D eigenvalue weighted by atomic mass is 16.3. The van der Waals surface area contributed by atoms with Crippen molar-refractivity contribution in [2.24, 2.45) is 11.7 Å². The Balaban J connectivity index is 2.17. The number of likely N-dealkylation sites (tertiary alicyclic amines) is 1. The molecule has 1 saturated heterocycles. The van der Waals surface area contributed by atoms with Gasteiger partial charge in [0.05, 0.1) is 0 Å². The first-order valence-electron chi connectivity index (χ1n) is 6.49. The summed E-state index contributed by atoms with van der Waals surface area (Å²) >= 11 is 0. The van der Waals surface area contributed by atoms with Crippen LogP contribution in [0.2, 0.25) is 0 Å². The van der Waals surface area contributed by atoms with E-state index >= 15 is 0 Å². The van der Waals surface area contributed by atoms with Crippen molar-refractivity contribution in [1.82, 2.24) is 4.90 Å². The Morgan fingerprint density at radius 2 is 2.06 bits per heavy atom. The molecule has 3 atom stereocenters. The molecule has 1 heterocycles. The van der Waals surface area contributed by atoms with Crippen LogP contribution in [0.15, 0.2) is 18.2 Å². The molecule has 1 fully saturated rings. The number of aromatic hydroxyl groups is 2. The fraction of sp³-hybridized carbons (Fsp3) is 0.571. The number of hydrogen-bond acceptors (Lipinski definition) is 4. The topological polar surface area (TPSA) is 69.7 Å². The molecule has 3 unspecified atom stereocenters. The number of rotatable bonds is 2. The van der Waals surface area contributed by atoms with Gasteiger partial charge in [0.15, 0.2) is 0 Å². The number of piperidine rings is 1. The zero-order chi connectivity index (χ0) is 13.3. The molecule has 1 aromatic carbocycles. The van der Waals surface area contributed by atoms with Crippen LogP contribution in [0.4, 0.5) is 0 Å². The van der Waals surface area contributed by atoms with E-state index in [0.717, 1.165) is 25.1 Å². The second-order valence-corrected chi connectivity index (χ2v) is 5.47. The van der Waals surface area contributed by atoms with E-state index < -0.39 is 0 Å². The maximum atomic E-state index is 9.91. The lowest BCUT2D eigenvalue weighted by molar-refractivity contribution is 0.122. The first-order valence-corrected chi connectivity index (χ1v) is 6.49. The van der Waals surface area contributed by atoms with Crippen molar-refractivity contribution in [3.63, 3.8) is 0 Å². The van der Waals surface area contributed by atoms with E-state index in [9.17, 15) is 10.2 Å². The Kier molecular flexibility index (Phi) is 3.78. The molecule has 0 amide bonds. The second kappa shape index (κ2) is 5.16. The van der Waals surface area contributed by atoms with E-state index in [1.807, 2.05) is 0 Å². The van der Waals surface area contributed by atoms with Crippen molar-refractivity contribution in [3.8, 4) is 11.5 Å². The molecule has 4 N–H and O–H groups in total. The van der Waals surface area contributed by atoms with Gasteiger partial charge < -0.3 is 15.9 Å². The van der Waals surface area contributed by atoms with E-state index in [1.54, 1.807) is 12.1 Å². The van der Waals surface area contributed by atoms with Crippen molar-refractivity contribution in [2.75, 3.05) is 13.1 Å². The maximum absolute atomic E-state index is 9.91. The lowest BCUT2D eigenvalue weighted by Crippen LogP contribution is -2.47. The van der Waals surface area contributed by atoms with Crippen molar-refractivity contribution in [3.05, 3.63) is 23.8 Å². The molecular weight excluding hydrogens is 228 g/mol. The van der Waals surface area contributed by atoms with Gasteiger partial charge in [-0.2, -0.15) is 0 Å². The third-order valence-electron chi connectivity index (χ3n) is 3.73. The van der Waals surface area contributed by atoms with Crippen LogP contribution in [-0.4, -0.2) is 34.2 Å². The van der Waals surface area contributed by atoms with Crippen molar-refractivity contribution in [2.45, 2.75) is 32.4 Å². The van der Waals surface area contributed by atoms with Gasteiger partial charge in [0.25, 0.3) is 0 Å². The summed E-state index contributed by atoms with van der Waals surface area (Å²) in [6.07, 6.45) is 1.06. The van der Waals surface area contributed by atoms with Gasteiger partial charge in [0.2, 0.25) is 0 Å². The summed E-state index contributed by atoms with van der Waals surface area (Å²) in [5, 5.41) is 19.2. The van der Waals surface area contributed by atoms with Gasteiger partial charge in [-0.05, 0) is 25.3 Å². The lowest BCUT2D eigenvalue weighted by Gasteiger charge is -2.38. The fourth-order valence-corrected chi connectivity index (χ4v) is 2.84. The predicted octanol–water partition coefficient (Wildman–Crippen LogP) is 1.83. The summed E-state index contributed by atoms with van der Waals surface area (Å²) < 4.78 is 0. The summed E-state index contributed by atoms with van der Waals surface area (Å²) in [7, 11) is 0. The van der Waals surface area contributed by atoms with E-state index in [1.165, 1.54) is 6.07 Å². The zero-order valence-corrected chi connectivity index (χ0v) is 11.0. The molecule has 0 bridgehead atoms. The van der Waals surface area contributed by atoms with Crippen LogP contribution in [0, 0.1) is 5.92 Å². The third kappa shape index (κ3) is 2.76. The lowest BCUT2D eigenvalue weighted by atomic mass is 9.93. The number of benzene rings is 1. The van der Waals surface area contributed by atoms with Crippen molar-refractivity contribution < 1.29 is 10.2 Å². The smallest absolute Gasteiger partial charge is 0.124 e. The molecule has 1 aromatic rings. The molecule has 2 rings (SSSR count). The first kappa shape index (κ1) is 13.2. The summed E-state index contributed by atoms with van der Waals surface area (Å²) in [5.74, 6) is 0.817. The average Bonchev–Trinajstić information content (AvgIpc) is 2.26. The Hall–Kier alpha value is -1.26. The molecule has 0 spiro atoms. The van der Waals surface area contributed by atoms with Crippen LogP contribution in [0.3, 0.4) is 0 Å². The van der Waals surface area contributed by atoms with E-state index in [2.05, 4.69) is 18.7 Å². The summed E-state index contributed by atoms with van der Waals surface area (Å²) in [5.41, 5.74) is 6.89. The van der Waals surface area contributed by atoms with Gasteiger partial charge in [-0.25, -0.2) is 0 Å². The van der Waals surface area contributed by atoms with Crippen LogP contribution in [0.1, 0.15) is 31.9 Å². The summed E-state index contributed by atoms with van der Waals surface area (Å²) in [6, 6.07) is 5.09. The van der Waals surface area contributed by atoms with Gasteiger partial charge in [0.1, 0.15) is 11.5 Å². The normalized spacial score (nSPS) is 27.1. The Morgan fingerprint density at radius 3 is 2.67 bits per heavy atom. The average molecular weight is 250 g/mol. The summed E-state index contributed by atoms with van der Waals surface area (Å²) in [4.78, 5) is 2.30. The van der Waals surface area contributed by atoms with E-state index in [0.29, 0.717) is 5.92 Å². The van der Waals surface area contributed by atoms with Gasteiger partial charge in [-0.1, -0.05) is 13.0 Å². The van der Waals surface area contributed by atoms with Crippen LogP contribution < -0.4 is 5.73 Å². The van der Waals surface area contributed by atoms with Crippen LogP contribution in [-0.2, 0) is 0 Å². The Labute approximate surface area is 108 Å². The van der Waals surface area contributed by atoms with Crippen LogP contribution in [0.25, 0.3) is 0 Å². The molecule has 4 heteroatoms. The molecule has 0 aliphatic carbocycles. The largest absolute Gasteiger partial charge is 0.508 e. The van der Waals surface area contributed by atoms with Gasteiger partial charge in [-0.15, -0.1) is 0 Å². The number of nitrogens with two attached hydrogens (primary N) is 1. The van der Waals surface area contributed by atoms with E-state index in [4.69, 9.17) is 5.73 Å². The minimum atomic E-state index is 0.0900. The molecule has 0 aromatic heterocycles. The molecule has 1 aliphatic heterocycles. The summed E-state index contributed by atoms with van der Waals surface area (Å²) in [6.45, 7) is 6.12. The van der Waals surface area contributed by atoms with Gasteiger partial charge in [0, 0.05) is 36.8 Å². The molecule has 18 heavy (non-hydrogen) atoms. The van der Waals surface area contributed by atoms with Gasteiger partial charge >= 0.3 is 0 Å². The van der Waals surface area contributed by atoms with Crippen LogP contribution >= 0.6 is 0 Å². The monoisotopic (exact) mass is 250 g/mol. The highest BCUT2D eigenvalue weighted by molar-refractivity contribution is 5.40. The zero-order valence-electron chi connectivity index (χ0n) is 11.0. The van der Waals surface area contributed by atoms with Crippen molar-refractivity contribution in [1.29, 1.82) is 0 Å². The highest BCUT2D eigenvalue weighted by Crippen LogP contribution is 2.33.